The van der Waals surface area contributed by atoms with Crippen LogP contribution < -0.4 is 10.6 Å². The summed E-state index contributed by atoms with van der Waals surface area (Å²) in [6.45, 7) is 4.08. The molecule has 0 spiro atoms. The first-order chi connectivity index (χ1) is 15.7. The van der Waals surface area contributed by atoms with E-state index in [9.17, 15) is 18.0 Å². The monoisotopic (exact) mass is 454 g/mol. The molecule has 0 unspecified atom stereocenters. The van der Waals surface area contributed by atoms with E-state index in [4.69, 9.17) is 0 Å². The second-order valence-corrected chi connectivity index (χ2v) is 8.25. The maximum atomic E-state index is 12.9. The fraction of sp³-hybridized carbons (Fsp3) is 0.296. The molecule has 0 saturated heterocycles. The highest BCUT2D eigenvalue weighted by Gasteiger charge is 2.30. The number of carbonyl (C=O) groups is 1. The number of nitrogens with one attached hydrogen (secondary N) is 2. The Hall–Kier alpha value is -3.12. The maximum Gasteiger partial charge on any atom is 0.416 e. The molecule has 0 aliphatic rings. The normalized spacial score (nSPS) is 13.4. The molecule has 1 amide bonds. The minimum atomic E-state index is -4.35. The molecule has 3 rings (SSSR count). The van der Waals surface area contributed by atoms with Crippen molar-refractivity contribution in [2.45, 2.75) is 44.9 Å². The molecule has 0 aliphatic heterocycles. The van der Waals surface area contributed by atoms with E-state index in [1.807, 2.05) is 50.2 Å². The molecule has 174 valence electrons. The Morgan fingerprint density at radius 1 is 0.879 bits per heavy atom. The molecule has 0 aliphatic carbocycles. The van der Waals surface area contributed by atoms with Gasteiger partial charge in [-0.15, -0.1) is 0 Å². The summed E-state index contributed by atoms with van der Waals surface area (Å²) >= 11 is 0. The second kappa shape index (κ2) is 10.7. The van der Waals surface area contributed by atoms with Gasteiger partial charge >= 0.3 is 6.18 Å². The fourth-order valence-electron chi connectivity index (χ4n) is 3.81. The van der Waals surface area contributed by atoms with Gasteiger partial charge in [0.1, 0.15) is 6.04 Å². The van der Waals surface area contributed by atoms with Gasteiger partial charge in [0.05, 0.1) is 5.56 Å². The summed E-state index contributed by atoms with van der Waals surface area (Å²) in [6.07, 6.45) is -3.16. The Labute approximate surface area is 193 Å². The topological polar surface area (TPSA) is 41.1 Å². The smallest absolute Gasteiger partial charge is 0.358 e. The van der Waals surface area contributed by atoms with Crippen LogP contribution in [0.5, 0.6) is 0 Å². The van der Waals surface area contributed by atoms with Gasteiger partial charge in [-0.05, 0) is 66.6 Å². The van der Waals surface area contributed by atoms with Crippen LogP contribution in [0.15, 0.2) is 72.8 Å². The number of halogens is 3. The molecule has 0 bridgehead atoms. The molecule has 33 heavy (non-hydrogen) atoms. The van der Waals surface area contributed by atoms with Crippen LogP contribution in [-0.4, -0.2) is 13.0 Å². The van der Waals surface area contributed by atoms with Gasteiger partial charge in [-0.3, -0.25) is 10.1 Å². The van der Waals surface area contributed by atoms with Gasteiger partial charge in [-0.1, -0.05) is 60.7 Å². The van der Waals surface area contributed by atoms with Crippen LogP contribution in [0.25, 0.3) is 0 Å². The van der Waals surface area contributed by atoms with Crippen LogP contribution >= 0.6 is 0 Å². The van der Waals surface area contributed by atoms with E-state index in [1.165, 1.54) is 17.7 Å². The molecule has 0 saturated carbocycles. The standard InChI is InChI=1S/C27H29F3N2O/c1-18-9-13-22(17-19(18)2)24(16-12-20-10-14-23(15-11-20)27(28,29)30)32-25(26(33)31-3)21-7-5-4-6-8-21/h4-11,13-15,17,24-25,32H,12,16H2,1-3H3,(H,31,33)/t24-,25+/m0/s1. The summed E-state index contributed by atoms with van der Waals surface area (Å²) in [6, 6.07) is 20.2. The molecule has 2 atom stereocenters. The van der Waals surface area contributed by atoms with Crippen molar-refractivity contribution in [2.75, 3.05) is 7.05 Å². The number of alkyl halides is 3. The lowest BCUT2D eigenvalue weighted by atomic mass is 9.94. The van der Waals surface area contributed by atoms with Crippen molar-refractivity contribution in [3.05, 3.63) is 106 Å². The van der Waals surface area contributed by atoms with E-state index in [0.29, 0.717) is 12.8 Å². The average molecular weight is 455 g/mol. The first kappa shape index (κ1) is 24.5. The largest absolute Gasteiger partial charge is 0.416 e. The molecule has 0 aromatic heterocycles. The third-order valence-corrected chi connectivity index (χ3v) is 5.95. The van der Waals surface area contributed by atoms with E-state index in [2.05, 4.69) is 22.8 Å². The maximum absolute atomic E-state index is 12.9. The zero-order valence-electron chi connectivity index (χ0n) is 19.0. The number of benzene rings is 3. The van der Waals surface area contributed by atoms with Crippen molar-refractivity contribution >= 4 is 5.91 Å². The highest BCUT2D eigenvalue weighted by Crippen LogP contribution is 2.30. The Morgan fingerprint density at radius 2 is 1.55 bits per heavy atom. The minimum Gasteiger partial charge on any atom is -0.358 e. The molecule has 0 heterocycles. The van der Waals surface area contributed by atoms with Gasteiger partial charge in [0, 0.05) is 13.1 Å². The lowest BCUT2D eigenvalue weighted by Crippen LogP contribution is -2.38. The molecule has 3 aromatic rings. The van der Waals surface area contributed by atoms with Gasteiger partial charge in [-0.2, -0.15) is 13.2 Å². The highest BCUT2D eigenvalue weighted by molar-refractivity contribution is 5.83. The van der Waals surface area contributed by atoms with Gasteiger partial charge in [0.2, 0.25) is 5.91 Å². The van der Waals surface area contributed by atoms with Crippen molar-refractivity contribution < 1.29 is 18.0 Å². The lowest BCUT2D eigenvalue weighted by Gasteiger charge is -2.26. The molecule has 3 nitrogen and oxygen atoms in total. The van der Waals surface area contributed by atoms with E-state index in [0.717, 1.165) is 34.4 Å². The quantitative estimate of drug-likeness (QED) is 0.434. The predicted molar refractivity (Wildman–Crippen MR) is 125 cm³/mol. The molecular formula is C27H29F3N2O. The Kier molecular flexibility index (Phi) is 7.92. The summed E-state index contributed by atoms with van der Waals surface area (Å²) in [4.78, 5) is 12.7. The molecular weight excluding hydrogens is 425 g/mol. The Bertz CT molecular complexity index is 1060. The number of likely N-dealkylation sites (N-methyl/N-ethyl adjacent to an activating group) is 1. The predicted octanol–water partition coefficient (Wildman–Crippen LogP) is 6.07. The molecule has 3 aromatic carbocycles. The van der Waals surface area contributed by atoms with Crippen LogP contribution in [0.2, 0.25) is 0 Å². The van der Waals surface area contributed by atoms with Gasteiger partial charge in [-0.25, -0.2) is 0 Å². The summed E-state index contributed by atoms with van der Waals surface area (Å²) in [5.74, 6) is -0.149. The summed E-state index contributed by atoms with van der Waals surface area (Å²) in [5.41, 5.74) is 4.36. The number of amides is 1. The van der Waals surface area contributed by atoms with Crippen LogP contribution in [0.1, 0.15) is 51.9 Å². The highest BCUT2D eigenvalue weighted by atomic mass is 19.4. The number of carbonyl (C=O) groups excluding carboxylic acids is 1. The van der Waals surface area contributed by atoms with Crippen molar-refractivity contribution in [3.8, 4) is 0 Å². The van der Waals surface area contributed by atoms with Crippen molar-refractivity contribution in [1.82, 2.24) is 10.6 Å². The summed E-state index contributed by atoms with van der Waals surface area (Å²) in [7, 11) is 1.60. The summed E-state index contributed by atoms with van der Waals surface area (Å²) < 4.78 is 38.7. The number of hydrogen-bond donors (Lipinski definition) is 2. The SMILES string of the molecule is CNC(=O)[C@H](N[C@@H](CCc1ccc(C(F)(F)F)cc1)c1ccc(C)c(C)c1)c1ccccc1. The fourth-order valence-corrected chi connectivity index (χ4v) is 3.81. The van der Waals surface area contributed by atoms with Gasteiger partial charge in [0.25, 0.3) is 0 Å². The average Bonchev–Trinajstić information content (AvgIpc) is 2.81. The zero-order chi connectivity index (χ0) is 24.0. The number of aryl methyl sites for hydroxylation is 3. The van der Waals surface area contributed by atoms with E-state index >= 15 is 0 Å². The third kappa shape index (κ3) is 6.45. The van der Waals surface area contributed by atoms with E-state index in [1.54, 1.807) is 7.05 Å². The van der Waals surface area contributed by atoms with E-state index < -0.39 is 17.8 Å². The van der Waals surface area contributed by atoms with Gasteiger partial charge < -0.3 is 5.32 Å². The first-order valence-corrected chi connectivity index (χ1v) is 10.9. The molecule has 6 heteroatoms. The van der Waals surface area contributed by atoms with Crippen LogP contribution in [-0.2, 0) is 17.4 Å². The summed E-state index contributed by atoms with van der Waals surface area (Å²) in [5, 5.41) is 6.22. The molecule has 2 N–H and O–H groups in total. The van der Waals surface area contributed by atoms with Crippen molar-refractivity contribution in [3.63, 3.8) is 0 Å². The van der Waals surface area contributed by atoms with Crippen LogP contribution in [0.4, 0.5) is 13.2 Å². The lowest BCUT2D eigenvalue weighted by molar-refractivity contribution is -0.137. The van der Waals surface area contributed by atoms with Gasteiger partial charge in [0.15, 0.2) is 0 Å². The Morgan fingerprint density at radius 3 is 2.12 bits per heavy atom. The number of rotatable bonds is 8. The molecule has 0 radical (unpaired) electrons. The Balaban J connectivity index is 1.87. The minimum absolute atomic E-state index is 0.149. The molecule has 0 fully saturated rings. The number of hydrogen-bond acceptors (Lipinski definition) is 2. The van der Waals surface area contributed by atoms with Crippen LogP contribution in [0, 0.1) is 13.8 Å². The zero-order valence-corrected chi connectivity index (χ0v) is 19.0. The first-order valence-electron chi connectivity index (χ1n) is 10.9. The van der Waals surface area contributed by atoms with Crippen molar-refractivity contribution in [2.24, 2.45) is 0 Å². The van der Waals surface area contributed by atoms with E-state index in [-0.39, 0.29) is 11.9 Å². The second-order valence-electron chi connectivity index (χ2n) is 8.25. The van der Waals surface area contributed by atoms with Crippen molar-refractivity contribution in [1.29, 1.82) is 0 Å². The third-order valence-electron chi connectivity index (χ3n) is 5.95. The van der Waals surface area contributed by atoms with Crippen LogP contribution in [0.3, 0.4) is 0 Å².